The second kappa shape index (κ2) is 4.46. The van der Waals surface area contributed by atoms with Crippen molar-refractivity contribution >= 4 is 16.9 Å². The molecule has 0 aliphatic carbocycles. The fourth-order valence-electron chi connectivity index (χ4n) is 2.70. The Hall–Kier alpha value is -1.81. The van der Waals surface area contributed by atoms with Crippen molar-refractivity contribution in [3.05, 3.63) is 36.1 Å². The Labute approximate surface area is 105 Å². The first-order chi connectivity index (χ1) is 8.75. The lowest BCUT2D eigenvalue weighted by atomic mass is 9.86. The molecular formula is C14H15NO3. The average molecular weight is 245 g/mol. The number of benzene rings is 1. The number of hydrogen-bond acceptors (Lipinski definition) is 3. The third-order valence-corrected chi connectivity index (χ3v) is 3.65. The second-order valence-electron chi connectivity index (χ2n) is 4.75. The standard InChI is InChI=1S/C14H15NO3/c16-14(17)12-7-9(5-6-15-12)11-8-18-13-4-2-1-3-10(11)13/h1-4,8-9,12,15H,5-7H2,(H,16,17). The summed E-state index contributed by atoms with van der Waals surface area (Å²) in [6, 6.07) is 7.45. The smallest absolute Gasteiger partial charge is 0.320 e. The minimum absolute atomic E-state index is 0.260. The fourth-order valence-corrected chi connectivity index (χ4v) is 2.70. The number of hydrogen-bond donors (Lipinski definition) is 2. The van der Waals surface area contributed by atoms with Crippen molar-refractivity contribution in [1.82, 2.24) is 5.32 Å². The number of para-hydroxylation sites is 1. The van der Waals surface area contributed by atoms with Crippen molar-refractivity contribution in [2.75, 3.05) is 6.54 Å². The van der Waals surface area contributed by atoms with Crippen LogP contribution in [0.2, 0.25) is 0 Å². The number of nitrogens with one attached hydrogen (secondary N) is 1. The number of furan rings is 1. The normalized spacial score (nSPS) is 24.2. The summed E-state index contributed by atoms with van der Waals surface area (Å²) in [5, 5.41) is 13.2. The van der Waals surface area contributed by atoms with Gasteiger partial charge in [-0.15, -0.1) is 0 Å². The van der Waals surface area contributed by atoms with Gasteiger partial charge in [0.05, 0.1) is 6.26 Å². The lowest BCUT2D eigenvalue weighted by molar-refractivity contribution is -0.140. The molecule has 3 rings (SSSR count). The first kappa shape index (κ1) is 11.3. The van der Waals surface area contributed by atoms with Gasteiger partial charge in [-0.05, 0) is 31.4 Å². The van der Waals surface area contributed by atoms with Crippen molar-refractivity contribution in [2.45, 2.75) is 24.8 Å². The topological polar surface area (TPSA) is 62.5 Å². The highest BCUT2D eigenvalue weighted by atomic mass is 16.4. The van der Waals surface area contributed by atoms with Crippen molar-refractivity contribution in [1.29, 1.82) is 0 Å². The number of rotatable bonds is 2. The molecule has 1 fully saturated rings. The van der Waals surface area contributed by atoms with Crippen LogP contribution in [0.1, 0.15) is 24.3 Å². The van der Waals surface area contributed by atoms with Gasteiger partial charge in [0.1, 0.15) is 11.6 Å². The molecule has 4 nitrogen and oxygen atoms in total. The molecule has 1 aromatic heterocycles. The molecule has 18 heavy (non-hydrogen) atoms. The Morgan fingerprint density at radius 3 is 3.06 bits per heavy atom. The first-order valence-electron chi connectivity index (χ1n) is 6.18. The average Bonchev–Trinajstić information content (AvgIpc) is 2.82. The molecule has 0 radical (unpaired) electrons. The highest BCUT2D eigenvalue weighted by Gasteiger charge is 2.29. The van der Waals surface area contributed by atoms with Crippen LogP contribution in [0, 0.1) is 0 Å². The van der Waals surface area contributed by atoms with E-state index >= 15 is 0 Å². The van der Waals surface area contributed by atoms with Crippen molar-refractivity contribution in [3.63, 3.8) is 0 Å². The lowest BCUT2D eigenvalue weighted by Gasteiger charge is -2.27. The van der Waals surface area contributed by atoms with Crippen LogP contribution in [-0.2, 0) is 4.79 Å². The van der Waals surface area contributed by atoms with Crippen LogP contribution in [0.25, 0.3) is 11.0 Å². The van der Waals surface area contributed by atoms with Crippen LogP contribution in [0.4, 0.5) is 0 Å². The maximum Gasteiger partial charge on any atom is 0.320 e. The zero-order chi connectivity index (χ0) is 12.5. The minimum Gasteiger partial charge on any atom is -0.480 e. The van der Waals surface area contributed by atoms with Gasteiger partial charge in [-0.2, -0.15) is 0 Å². The van der Waals surface area contributed by atoms with E-state index in [-0.39, 0.29) is 5.92 Å². The predicted octanol–water partition coefficient (Wildman–Crippen LogP) is 2.35. The highest BCUT2D eigenvalue weighted by Crippen LogP contribution is 2.34. The molecule has 0 bridgehead atoms. The molecule has 1 saturated heterocycles. The number of piperidine rings is 1. The van der Waals surface area contributed by atoms with Gasteiger partial charge in [0.25, 0.3) is 0 Å². The molecule has 94 valence electrons. The van der Waals surface area contributed by atoms with Gasteiger partial charge >= 0.3 is 5.97 Å². The number of fused-ring (bicyclic) bond motifs is 1. The summed E-state index contributed by atoms with van der Waals surface area (Å²) in [6.45, 7) is 0.737. The van der Waals surface area contributed by atoms with Crippen LogP contribution in [0.3, 0.4) is 0 Å². The molecule has 1 aliphatic rings. The minimum atomic E-state index is -0.771. The molecule has 2 heterocycles. The lowest BCUT2D eigenvalue weighted by Crippen LogP contribution is -2.42. The summed E-state index contributed by atoms with van der Waals surface area (Å²) in [7, 11) is 0. The van der Waals surface area contributed by atoms with Crippen molar-refractivity contribution < 1.29 is 14.3 Å². The van der Waals surface area contributed by atoms with Crippen LogP contribution in [0.5, 0.6) is 0 Å². The van der Waals surface area contributed by atoms with Crippen molar-refractivity contribution in [2.24, 2.45) is 0 Å². The third kappa shape index (κ3) is 1.88. The summed E-state index contributed by atoms with van der Waals surface area (Å²) in [4.78, 5) is 11.0. The Morgan fingerprint density at radius 2 is 2.22 bits per heavy atom. The molecule has 2 unspecified atom stereocenters. The predicted molar refractivity (Wildman–Crippen MR) is 67.6 cm³/mol. The van der Waals surface area contributed by atoms with Gasteiger partial charge in [-0.3, -0.25) is 4.79 Å². The largest absolute Gasteiger partial charge is 0.480 e. The Kier molecular flexibility index (Phi) is 2.80. The highest BCUT2D eigenvalue weighted by molar-refractivity contribution is 5.81. The molecular weight excluding hydrogens is 230 g/mol. The van der Waals surface area contributed by atoms with E-state index in [9.17, 15) is 4.79 Å². The zero-order valence-corrected chi connectivity index (χ0v) is 9.93. The Bertz CT molecular complexity index is 575. The van der Waals surface area contributed by atoms with Crippen LogP contribution >= 0.6 is 0 Å². The summed E-state index contributed by atoms with van der Waals surface area (Å²) >= 11 is 0. The molecule has 0 saturated carbocycles. The quantitative estimate of drug-likeness (QED) is 0.852. The van der Waals surface area contributed by atoms with Gasteiger partial charge in [0.15, 0.2) is 0 Å². The molecule has 0 amide bonds. The van der Waals surface area contributed by atoms with Gasteiger partial charge in [0, 0.05) is 10.9 Å². The maximum absolute atomic E-state index is 11.0. The Balaban J connectivity index is 1.92. The fraction of sp³-hybridized carbons (Fsp3) is 0.357. The monoisotopic (exact) mass is 245 g/mol. The number of carboxylic acids is 1. The van der Waals surface area contributed by atoms with Crippen molar-refractivity contribution in [3.8, 4) is 0 Å². The van der Waals surface area contributed by atoms with E-state index < -0.39 is 12.0 Å². The summed E-state index contributed by atoms with van der Waals surface area (Å²) in [6.07, 6.45) is 3.35. The maximum atomic E-state index is 11.0. The van der Waals surface area contributed by atoms with Gasteiger partial charge < -0.3 is 14.8 Å². The van der Waals surface area contributed by atoms with E-state index in [2.05, 4.69) is 5.32 Å². The van der Waals surface area contributed by atoms with Crippen LogP contribution in [-0.4, -0.2) is 23.7 Å². The molecule has 2 atom stereocenters. The van der Waals surface area contributed by atoms with E-state index in [1.165, 1.54) is 0 Å². The molecule has 1 aliphatic heterocycles. The molecule has 4 heteroatoms. The van der Waals surface area contributed by atoms with E-state index in [0.29, 0.717) is 6.42 Å². The van der Waals surface area contributed by atoms with Gasteiger partial charge in [-0.1, -0.05) is 18.2 Å². The Morgan fingerprint density at radius 1 is 1.39 bits per heavy atom. The SMILES string of the molecule is O=C(O)C1CC(c2coc3ccccc23)CCN1. The second-order valence-corrected chi connectivity index (χ2v) is 4.75. The summed E-state index contributed by atoms with van der Waals surface area (Å²) in [5.41, 5.74) is 2.01. The summed E-state index contributed by atoms with van der Waals surface area (Å²) in [5.74, 6) is -0.511. The van der Waals surface area contributed by atoms with E-state index in [1.54, 1.807) is 6.26 Å². The van der Waals surface area contributed by atoms with Gasteiger partial charge in [0.2, 0.25) is 0 Å². The number of carboxylic acid groups (broad SMARTS) is 1. The zero-order valence-electron chi connectivity index (χ0n) is 9.93. The third-order valence-electron chi connectivity index (χ3n) is 3.65. The van der Waals surface area contributed by atoms with E-state index in [1.807, 2.05) is 24.3 Å². The molecule has 2 aromatic rings. The molecule has 0 spiro atoms. The van der Waals surface area contributed by atoms with E-state index in [4.69, 9.17) is 9.52 Å². The van der Waals surface area contributed by atoms with E-state index in [0.717, 1.165) is 29.5 Å². The molecule has 1 aromatic carbocycles. The number of aliphatic carboxylic acids is 1. The summed E-state index contributed by atoms with van der Waals surface area (Å²) < 4.78 is 5.53. The number of carbonyl (C=O) groups is 1. The van der Waals surface area contributed by atoms with Crippen LogP contribution in [0.15, 0.2) is 34.9 Å². The molecule has 2 N–H and O–H groups in total. The van der Waals surface area contributed by atoms with Crippen LogP contribution < -0.4 is 5.32 Å². The first-order valence-corrected chi connectivity index (χ1v) is 6.18. The van der Waals surface area contributed by atoms with Gasteiger partial charge in [-0.25, -0.2) is 0 Å².